The Morgan fingerprint density at radius 1 is 0.538 bits per heavy atom. The quantitative estimate of drug-likeness (QED) is 0.107. The summed E-state index contributed by atoms with van der Waals surface area (Å²) in [7, 11) is 0. The molecule has 0 saturated heterocycles. The van der Waals surface area contributed by atoms with Crippen LogP contribution < -0.4 is 0 Å². The Bertz CT molecular complexity index is 2310. The van der Waals surface area contributed by atoms with Crippen LogP contribution in [0.5, 0.6) is 0 Å². The minimum absolute atomic E-state index is 0.245. The largest absolute Gasteiger partial charge is 0.262 e. The van der Waals surface area contributed by atoms with Gasteiger partial charge in [0.2, 0.25) is 0 Å². The Hall–Kier alpha value is -6.66. The van der Waals surface area contributed by atoms with Crippen molar-refractivity contribution in [2.45, 2.75) is 26.2 Å². The van der Waals surface area contributed by atoms with Crippen molar-refractivity contribution in [1.82, 2.24) is 24.9 Å². The highest BCUT2D eigenvalue weighted by atomic mass is 14.8. The van der Waals surface area contributed by atoms with Crippen LogP contribution in [0.1, 0.15) is 37.6 Å². The summed E-state index contributed by atoms with van der Waals surface area (Å²) in [5.74, 6) is 0. The van der Waals surface area contributed by atoms with Gasteiger partial charge in [0, 0.05) is 24.0 Å². The molecule has 5 aromatic heterocycles. The van der Waals surface area contributed by atoms with Gasteiger partial charge in [0.05, 0.1) is 45.6 Å². The number of pyridine rings is 5. The first kappa shape index (κ1) is 33.8. The Morgan fingerprint density at radius 3 is 1.38 bits per heavy atom. The Kier molecular flexibility index (Phi) is 9.80. The minimum atomic E-state index is -0.245. The highest BCUT2D eigenvalue weighted by Gasteiger charge is 2.23. The summed E-state index contributed by atoms with van der Waals surface area (Å²) in [6.45, 7) is 10.3. The fourth-order valence-electron chi connectivity index (χ4n) is 6.19. The number of benzene rings is 2. The first-order valence-corrected chi connectivity index (χ1v) is 17.2. The van der Waals surface area contributed by atoms with Gasteiger partial charge in [-0.2, -0.15) is 0 Å². The second kappa shape index (κ2) is 15.1. The summed E-state index contributed by atoms with van der Waals surface area (Å²) >= 11 is 0. The maximum absolute atomic E-state index is 4.93. The van der Waals surface area contributed by atoms with E-state index in [9.17, 15) is 0 Å². The van der Waals surface area contributed by atoms with E-state index in [1.54, 1.807) is 18.6 Å². The molecule has 7 rings (SSSR count). The van der Waals surface area contributed by atoms with Gasteiger partial charge in [0.15, 0.2) is 0 Å². The summed E-state index contributed by atoms with van der Waals surface area (Å²) in [5, 5.41) is 0. The topological polar surface area (TPSA) is 76.8 Å². The standard InChI is InChI=1S/C46H38N6/c1-5-6-13-38(47-4)42-28-34(29-43(51-42)39-14-7-10-25-48-39)32-17-21-36(22-18-32)46(2,3)37-23-19-33(20-24-37)35-30-44(40-15-8-11-26-49-40)52-45(31-35)41-16-9-12-27-50-41/h5-31H,4H2,1-3H3/b6-5-,38-13-. The lowest BCUT2D eigenvalue weighted by atomic mass is 9.77. The third-order valence-corrected chi connectivity index (χ3v) is 9.19. The number of aliphatic imine (C=N–C) groups is 1. The molecule has 52 heavy (non-hydrogen) atoms. The molecule has 252 valence electrons. The lowest BCUT2D eigenvalue weighted by Gasteiger charge is -2.27. The zero-order valence-corrected chi connectivity index (χ0v) is 29.5. The minimum Gasteiger partial charge on any atom is -0.262 e. The first-order chi connectivity index (χ1) is 25.4. The van der Waals surface area contributed by atoms with Gasteiger partial charge in [-0.15, -0.1) is 0 Å². The zero-order valence-electron chi connectivity index (χ0n) is 29.5. The van der Waals surface area contributed by atoms with Gasteiger partial charge in [-0.1, -0.05) is 92.7 Å². The van der Waals surface area contributed by atoms with Crippen LogP contribution in [-0.4, -0.2) is 31.6 Å². The molecule has 0 bridgehead atoms. The maximum Gasteiger partial charge on any atom is 0.0900 e. The second-order valence-electron chi connectivity index (χ2n) is 12.9. The van der Waals surface area contributed by atoms with Crippen LogP contribution >= 0.6 is 0 Å². The highest BCUT2D eigenvalue weighted by Crippen LogP contribution is 2.36. The van der Waals surface area contributed by atoms with Gasteiger partial charge in [-0.05, 0) is 114 Å². The van der Waals surface area contributed by atoms with E-state index in [-0.39, 0.29) is 5.41 Å². The number of allylic oxidation sites excluding steroid dienone is 3. The average molecular weight is 675 g/mol. The molecule has 0 amide bonds. The van der Waals surface area contributed by atoms with Gasteiger partial charge in [0.1, 0.15) is 0 Å². The smallest absolute Gasteiger partial charge is 0.0900 e. The number of aromatic nitrogens is 5. The lowest BCUT2D eigenvalue weighted by molar-refractivity contribution is 0.641. The van der Waals surface area contributed by atoms with Crippen molar-refractivity contribution >= 4 is 12.4 Å². The number of nitrogens with zero attached hydrogens (tertiary/aromatic N) is 6. The SMILES string of the molecule is C=N/C(=C\C=C/C)c1cc(-c2ccc(C(C)(C)c3ccc(-c4cc(-c5ccccn5)nc(-c5ccccn5)c4)cc3)cc2)cc(-c2ccccn2)n1. The average Bonchev–Trinajstić information content (AvgIpc) is 3.22. The van der Waals surface area contributed by atoms with Crippen LogP contribution in [0.3, 0.4) is 0 Å². The van der Waals surface area contributed by atoms with E-state index in [1.165, 1.54) is 11.1 Å². The molecule has 7 aromatic rings. The van der Waals surface area contributed by atoms with E-state index >= 15 is 0 Å². The van der Waals surface area contributed by atoms with Crippen LogP contribution in [0, 0.1) is 0 Å². The number of hydrogen-bond acceptors (Lipinski definition) is 6. The van der Waals surface area contributed by atoms with Crippen LogP contribution in [0.25, 0.3) is 62.1 Å². The van der Waals surface area contributed by atoms with Crippen LogP contribution in [0.2, 0.25) is 0 Å². The molecule has 0 aliphatic rings. The van der Waals surface area contributed by atoms with Gasteiger partial charge in [-0.3, -0.25) is 19.9 Å². The summed E-state index contributed by atoms with van der Waals surface area (Å²) in [5.41, 5.74) is 12.7. The van der Waals surface area contributed by atoms with Crippen LogP contribution in [0.4, 0.5) is 0 Å². The van der Waals surface area contributed by atoms with Crippen molar-refractivity contribution in [2.24, 2.45) is 4.99 Å². The van der Waals surface area contributed by atoms with E-state index in [1.807, 2.05) is 79.7 Å². The highest BCUT2D eigenvalue weighted by molar-refractivity contribution is 5.77. The van der Waals surface area contributed by atoms with Crippen molar-refractivity contribution in [3.63, 3.8) is 0 Å². The van der Waals surface area contributed by atoms with Crippen molar-refractivity contribution in [1.29, 1.82) is 0 Å². The monoisotopic (exact) mass is 674 g/mol. The summed E-state index contributed by atoms with van der Waals surface area (Å²) in [6, 6.07) is 43.6. The predicted octanol–water partition coefficient (Wildman–Crippen LogP) is 10.9. The maximum atomic E-state index is 4.93. The molecule has 2 aromatic carbocycles. The van der Waals surface area contributed by atoms with Crippen molar-refractivity contribution in [3.8, 4) is 56.4 Å². The Morgan fingerprint density at radius 2 is 0.981 bits per heavy atom. The van der Waals surface area contributed by atoms with E-state index in [0.717, 1.165) is 62.1 Å². The zero-order chi connectivity index (χ0) is 35.9. The molecule has 0 unspecified atom stereocenters. The van der Waals surface area contributed by atoms with Gasteiger partial charge in [0.25, 0.3) is 0 Å². The van der Waals surface area contributed by atoms with E-state index in [4.69, 9.17) is 9.97 Å². The molecule has 0 aliphatic carbocycles. The molecule has 0 N–H and O–H groups in total. The Labute approximate surface area is 305 Å². The van der Waals surface area contributed by atoms with Crippen LogP contribution in [-0.2, 0) is 5.41 Å². The number of hydrogen-bond donors (Lipinski definition) is 0. The first-order valence-electron chi connectivity index (χ1n) is 17.2. The molecule has 0 radical (unpaired) electrons. The number of rotatable bonds is 10. The predicted molar refractivity (Wildman–Crippen MR) is 214 cm³/mol. The molecule has 6 nitrogen and oxygen atoms in total. The van der Waals surface area contributed by atoms with Crippen molar-refractivity contribution in [3.05, 3.63) is 181 Å². The second-order valence-corrected chi connectivity index (χ2v) is 12.9. The van der Waals surface area contributed by atoms with Gasteiger partial charge in [-0.25, -0.2) is 9.97 Å². The Balaban J connectivity index is 1.20. The van der Waals surface area contributed by atoms with E-state index in [2.05, 4.69) is 113 Å². The molecular formula is C46H38N6. The molecular weight excluding hydrogens is 637 g/mol. The summed E-state index contributed by atoms with van der Waals surface area (Å²) in [4.78, 5) is 27.8. The fourth-order valence-corrected chi connectivity index (χ4v) is 6.19. The van der Waals surface area contributed by atoms with Gasteiger partial charge < -0.3 is 0 Å². The third-order valence-electron chi connectivity index (χ3n) is 9.19. The fraction of sp³-hybridized carbons (Fsp3) is 0.0870. The lowest BCUT2D eigenvalue weighted by Crippen LogP contribution is -2.18. The molecule has 0 spiro atoms. The molecule has 0 atom stereocenters. The van der Waals surface area contributed by atoms with Crippen molar-refractivity contribution < 1.29 is 0 Å². The van der Waals surface area contributed by atoms with Gasteiger partial charge >= 0.3 is 0 Å². The van der Waals surface area contributed by atoms with Crippen molar-refractivity contribution in [2.75, 3.05) is 0 Å². The van der Waals surface area contributed by atoms with E-state index < -0.39 is 0 Å². The van der Waals surface area contributed by atoms with Crippen LogP contribution in [0.15, 0.2) is 169 Å². The molecule has 6 heteroatoms. The molecule has 5 heterocycles. The third kappa shape index (κ3) is 7.28. The van der Waals surface area contributed by atoms with E-state index in [0.29, 0.717) is 5.70 Å². The normalized spacial score (nSPS) is 11.9. The summed E-state index contributed by atoms with van der Waals surface area (Å²) in [6.07, 6.45) is 11.2. The molecule has 0 aliphatic heterocycles. The molecule has 0 fully saturated rings. The molecule has 0 saturated carbocycles. The summed E-state index contributed by atoms with van der Waals surface area (Å²) < 4.78 is 0.